The van der Waals surface area contributed by atoms with Crippen molar-refractivity contribution in [3.8, 4) is 0 Å². The van der Waals surface area contributed by atoms with Gasteiger partial charge in [-0.3, -0.25) is 0 Å². The van der Waals surface area contributed by atoms with Gasteiger partial charge < -0.3 is 55.4 Å². The Morgan fingerprint density at radius 1 is 0.826 bits per heavy atom. The van der Waals surface area contributed by atoms with Gasteiger partial charge in [0.1, 0.15) is 48.8 Å². The molecule has 1 aliphatic heterocycles. The Kier molecular flexibility index (Phi) is 8.20. The van der Waals surface area contributed by atoms with E-state index < -0.39 is 74.9 Å². The predicted molar refractivity (Wildman–Crippen MR) is 70.8 cm³/mol. The fraction of sp³-hybridized carbons (Fsp3) is 1.00. The Bertz CT molecular complexity index is 341. The molecule has 9 atom stereocenters. The number of aliphatic hydroxyl groups is 9. The normalized spacial score (nSPS) is 37.2. The van der Waals surface area contributed by atoms with Crippen LogP contribution in [0.1, 0.15) is 0 Å². The Morgan fingerprint density at radius 2 is 1.39 bits per heavy atom. The second-order valence-electron chi connectivity index (χ2n) is 5.33. The first-order chi connectivity index (χ1) is 10.7. The molecule has 1 heterocycles. The van der Waals surface area contributed by atoms with Crippen molar-refractivity contribution in [2.75, 3.05) is 19.8 Å². The average molecular weight is 344 g/mol. The SMILES string of the molecule is OC[C@@H]1O[C@H](OC[C@@H](O)[C@@H](O)[C@@H](O)[C@@H](O)CO)[C@H](O)[C@H](O)[C@@H]1O. The standard InChI is InChI=1S/C12H24O11/c13-1-4(15)7(17)8(18)5(16)3-22-12-11(21)10(20)9(19)6(2-14)23-12/h4-21H,1-3H2/t4-,5+,6-,7-,8+,9+,10+,11+,12-/m0/s1. The number of rotatable bonds is 8. The smallest absolute Gasteiger partial charge is 0.186 e. The summed E-state index contributed by atoms with van der Waals surface area (Å²) in [4.78, 5) is 0. The average Bonchev–Trinajstić information content (AvgIpc) is 2.56. The van der Waals surface area contributed by atoms with Crippen LogP contribution in [0.2, 0.25) is 0 Å². The van der Waals surface area contributed by atoms with E-state index in [1.165, 1.54) is 0 Å². The van der Waals surface area contributed by atoms with Crippen LogP contribution in [0.15, 0.2) is 0 Å². The molecule has 11 nitrogen and oxygen atoms in total. The summed E-state index contributed by atoms with van der Waals surface area (Å²) in [6.07, 6.45) is -14.7. The topological polar surface area (TPSA) is 201 Å². The molecule has 0 bridgehead atoms. The van der Waals surface area contributed by atoms with Crippen molar-refractivity contribution in [3.05, 3.63) is 0 Å². The number of hydrogen-bond donors (Lipinski definition) is 9. The molecule has 1 rings (SSSR count). The first-order valence-corrected chi connectivity index (χ1v) is 6.99. The quantitative estimate of drug-likeness (QED) is 0.203. The van der Waals surface area contributed by atoms with Crippen molar-refractivity contribution in [2.45, 2.75) is 55.1 Å². The van der Waals surface area contributed by atoms with Gasteiger partial charge in [-0.05, 0) is 0 Å². The predicted octanol–water partition coefficient (Wildman–Crippen LogP) is -5.76. The van der Waals surface area contributed by atoms with Gasteiger partial charge in [0.2, 0.25) is 0 Å². The highest BCUT2D eigenvalue weighted by Crippen LogP contribution is 2.22. The summed E-state index contributed by atoms with van der Waals surface area (Å²) in [5.74, 6) is 0. The molecule has 0 amide bonds. The zero-order valence-corrected chi connectivity index (χ0v) is 12.2. The van der Waals surface area contributed by atoms with Gasteiger partial charge in [0, 0.05) is 0 Å². The lowest BCUT2D eigenvalue weighted by molar-refractivity contribution is -0.306. The molecule has 0 aromatic heterocycles. The van der Waals surface area contributed by atoms with Crippen LogP contribution in [-0.4, -0.2) is 121 Å². The second-order valence-corrected chi connectivity index (χ2v) is 5.33. The second kappa shape index (κ2) is 9.15. The summed E-state index contributed by atoms with van der Waals surface area (Å²) >= 11 is 0. The largest absolute Gasteiger partial charge is 0.394 e. The maximum Gasteiger partial charge on any atom is 0.186 e. The van der Waals surface area contributed by atoms with Crippen molar-refractivity contribution < 1.29 is 55.4 Å². The van der Waals surface area contributed by atoms with Crippen molar-refractivity contribution in [1.29, 1.82) is 0 Å². The molecule has 0 aromatic rings. The third-order valence-electron chi connectivity index (χ3n) is 3.61. The molecule has 1 fully saturated rings. The number of hydrogen-bond acceptors (Lipinski definition) is 11. The van der Waals surface area contributed by atoms with Crippen molar-refractivity contribution >= 4 is 0 Å². The molecule has 1 aliphatic rings. The Hall–Kier alpha value is -0.440. The van der Waals surface area contributed by atoms with E-state index in [0.29, 0.717) is 0 Å². The third-order valence-corrected chi connectivity index (χ3v) is 3.61. The minimum atomic E-state index is -1.86. The fourth-order valence-corrected chi connectivity index (χ4v) is 2.06. The van der Waals surface area contributed by atoms with Crippen molar-refractivity contribution in [2.24, 2.45) is 0 Å². The summed E-state index contributed by atoms with van der Waals surface area (Å²) in [7, 11) is 0. The lowest BCUT2D eigenvalue weighted by Crippen LogP contribution is -2.59. The molecular weight excluding hydrogens is 320 g/mol. The van der Waals surface area contributed by atoms with Crippen LogP contribution in [0.25, 0.3) is 0 Å². The summed E-state index contributed by atoms with van der Waals surface area (Å²) < 4.78 is 9.99. The van der Waals surface area contributed by atoms with E-state index in [1.54, 1.807) is 0 Å². The van der Waals surface area contributed by atoms with E-state index in [1.807, 2.05) is 0 Å². The van der Waals surface area contributed by atoms with Crippen LogP contribution in [0.3, 0.4) is 0 Å². The zero-order valence-electron chi connectivity index (χ0n) is 12.2. The van der Waals surface area contributed by atoms with Gasteiger partial charge in [-0.2, -0.15) is 0 Å². The lowest BCUT2D eigenvalue weighted by atomic mass is 9.99. The zero-order chi connectivity index (χ0) is 17.7. The van der Waals surface area contributed by atoms with Gasteiger partial charge in [-0.25, -0.2) is 0 Å². The van der Waals surface area contributed by atoms with Gasteiger partial charge in [-0.1, -0.05) is 0 Å². The van der Waals surface area contributed by atoms with Gasteiger partial charge in [0.15, 0.2) is 6.29 Å². The maximum absolute atomic E-state index is 9.70. The summed E-state index contributed by atoms with van der Waals surface area (Å²) in [5, 5.41) is 84.4. The first-order valence-electron chi connectivity index (χ1n) is 6.99. The summed E-state index contributed by atoms with van der Waals surface area (Å²) in [6.45, 7) is -2.16. The van der Waals surface area contributed by atoms with E-state index in [9.17, 15) is 35.7 Å². The molecule has 0 spiro atoms. The van der Waals surface area contributed by atoms with Gasteiger partial charge in [0.25, 0.3) is 0 Å². The third kappa shape index (κ3) is 5.01. The van der Waals surface area contributed by atoms with Crippen LogP contribution in [0.4, 0.5) is 0 Å². The van der Waals surface area contributed by atoms with Crippen molar-refractivity contribution in [3.63, 3.8) is 0 Å². The molecule has 138 valence electrons. The van der Waals surface area contributed by atoms with E-state index in [0.717, 1.165) is 0 Å². The van der Waals surface area contributed by atoms with E-state index in [2.05, 4.69) is 0 Å². The molecule has 23 heavy (non-hydrogen) atoms. The number of aliphatic hydroxyl groups excluding tert-OH is 9. The van der Waals surface area contributed by atoms with Crippen LogP contribution in [-0.2, 0) is 9.47 Å². The van der Waals surface area contributed by atoms with Gasteiger partial charge in [-0.15, -0.1) is 0 Å². The van der Waals surface area contributed by atoms with E-state index >= 15 is 0 Å². The highest BCUT2D eigenvalue weighted by Gasteiger charge is 2.44. The summed E-state index contributed by atoms with van der Waals surface area (Å²) in [6, 6.07) is 0. The molecular formula is C12H24O11. The van der Waals surface area contributed by atoms with E-state index in [4.69, 9.17) is 19.7 Å². The molecule has 9 N–H and O–H groups in total. The minimum absolute atomic E-state index is 0.655. The maximum atomic E-state index is 9.70. The van der Waals surface area contributed by atoms with Crippen LogP contribution in [0.5, 0.6) is 0 Å². The molecule has 0 radical (unpaired) electrons. The lowest BCUT2D eigenvalue weighted by Gasteiger charge is -2.40. The summed E-state index contributed by atoms with van der Waals surface area (Å²) in [5.41, 5.74) is 0. The molecule has 0 saturated carbocycles. The van der Waals surface area contributed by atoms with Crippen molar-refractivity contribution in [1.82, 2.24) is 0 Å². The van der Waals surface area contributed by atoms with Gasteiger partial charge >= 0.3 is 0 Å². The number of ether oxygens (including phenoxy) is 2. The Morgan fingerprint density at radius 3 is 1.91 bits per heavy atom. The fourth-order valence-electron chi connectivity index (χ4n) is 2.06. The van der Waals surface area contributed by atoms with Crippen LogP contribution in [0, 0.1) is 0 Å². The molecule has 0 aliphatic carbocycles. The Labute approximate surface area is 131 Å². The van der Waals surface area contributed by atoms with Gasteiger partial charge in [0.05, 0.1) is 19.8 Å². The Balaban J connectivity index is 2.55. The van der Waals surface area contributed by atoms with Crippen LogP contribution >= 0.6 is 0 Å². The molecule has 11 heteroatoms. The monoisotopic (exact) mass is 344 g/mol. The molecule has 1 saturated heterocycles. The molecule has 0 aromatic carbocycles. The highest BCUT2D eigenvalue weighted by molar-refractivity contribution is 4.89. The molecule has 0 unspecified atom stereocenters. The van der Waals surface area contributed by atoms with Crippen LogP contribution < -0.4 is 0 Å². The van der Waals surface area contributed by atoms with E-state index in [-0.39, 0.29) is 0 Å². The first kappa shape index (κ1) is 20.6. The highest BCUT2D eigenvalue weighted by atomic mass is 16.7. The minimum Gasteiger partial charge on any atom is -0.394 e.